The third kappa shape index (κ3) is 4.55. The second kappa shape index (κ2) is 8.62. The Morgan fingerprint density at radius 1 is 1.18 bits per heavy atom. The molecule has 0 radical (unpaired) electrons. The van der Waals surface area contributed by atoms with Crippen molar-refractivity contribution in [2.75, 3.05) is 31.5 Å². The molecule has 6 heteroatoms. The predicted octanol–water partition coefficient (Wildman–Crippen LogP) is 4.89. The van der Waals surface area contributed by atoms with E-state index in [0.717, 1.165) is 52.0 Å². The number of rotatable bonds is 3. The smallest absolute Gasteiger partial charge is 0.321 e. The Morgan fingerprint density at radius 2 is 2.00 bits per heavy atom. The number of hydrogen-bond acceptors (Lipinski definition) is 2. The molecule has 0 unspecified atom stereocenters. The van der Waals surface area contributed by atoms with Crippen molar-refractivity contribution < 1.29 is 9.18 Å². The Hall–Kier alpha value is -1.92. The van der Waals surface area contributed by atoms with Crippen molar-refractivity contribution in [1.82, 2.24) is 9.80 Å². The van der Waals surface area contributed by atoms with Gasteiger partial charge in [-0.3, -0.25) is 4.90 Å². The highest BCUT2D eigenvalue weighted by molar-refractivity contribution is 9.10. The van der Waals surface area contributed by atoms with E-state index >= 15 is 0 Å². The van der Waals surface area contributed by atoms with Gasteiger partial charge in [-0.15, -0.1) is 0 Å². The molecule has 2 aromatic carbocycles. The van der Waals surface area contributed by atoms with Crippen molar-refractivity contribution in [1.29, 1.82) is 0 Å². The van der Waals surface area contributed by atoms with Crippen LogP contribution in [0.1, 0.15) is 24.0 Å². The second-order valence-electron chi connectivity index (χ2n) is 7.76. The monoisotopic (exact) mass is 445 g/mol. The molecule has 2 aliphatic heterocycles. The fourth-order valence-corrected chi connectivity index (χ4v) is 4.59. The van der Waals surface area contributed by atoms with Gasteiger partial charge in [0.05, 0.1) is 5.69 Å². The third-order valence-corrected chi connectivity index (χ3v) is 6.20. The van der Waals surface area contributed by atoms with Gasteiger partial charge in [-0.05, 0) is 54.5 Å². The molecule has 0 aliphatic carbocycles. The summed E-state index contributed by atoms with van der Waals surface area (Å²) < 4.78 is 14.7. The number of urea groups is 1. The molecule has 148 valence electrons. The van der Waals surface area contributed by atoms with E-state index in [1.54, 1.807) is 12.1 Å². The lowest BCUT2D eigenvalue weighted by Gasteiger charge is -2.37. The van der Waals surface area contributed by atoms with Gasteiger partial charge in [-0.25, -0.2) is 9.18 Å². The molecule has 1 fully saturated rings. The molecule has 2 aliphatic rings. The van der Waals surface area contributed by atoms with Crippen molar-refractivity contribution in [2.24, 2.45) is 5.92 Å². The number of hydrogen-bond donors (Lipinski definition) is 1. The van der Waals surface area contributed by atoms with Gasteiger partial charge in [0.25, 0.3) is 0 Å². The zero-order valence-corrected chi connectivity index (χ0v) is 17.4. The molecule has 0 saturated carbocycles. The topological polar surface area (TPSA) is 35.6 Å². The average Bonchev–Trinajstić information content (AvgIpc) is 2.70. The van der Waals surface area contributed by atoms with Gasteiger partial charge in [-0.2, -0.15) is 0 Å². The SMILES string of the molecule is O=C(Nc1ccc(Br)cc1F)N1CCC[C@H](CN2CCc3ccccc3C2)C1. The molecule has 4 rings (SSSR count). The first kappa shape index (κ1) is 19.4. The highest BCUT2D eigenvalue weighted by Gasteiger charge is 2.27. The maximum absolute atomic E-state index is 14.0. The summed E-state index contributed by atoms with van der Waals surface area (Å²) in [5, 5.41) is 2.72. The first-order chi connectivity index (χ1) is 13.6. The number of likely N-dealkylation sites (tertiary alicyclic amines) is 1. The zero-order chi connectivity index (χ0) is 19.5. The van der Waals surface area contributed by atoms with Gasteiger partial charge in [0, 0.05) is 37.2 Å². The minimum absolute atomic E-state index is 0.213. The number of piperidine rings is 1. The van der Waals surface area contributed by atoms with Gasteiger partial charge in [0.1, 0.15) is 5.82 Å². The Bertz CT molecular complexity index is 859. The molecule has 0 bridgehead atoms. The fraction of sp³-hybridized carbons (Fsp3) is 0.409. The third-order valence-electron chi connectivity index (χ3n) is 5.71. The van der Waals surface area contributed by atoms with Gasteiger partial charge in [0.15, 0.2) is 0 Å². The maximum atomic E-state index is 14.0. The molecule has 2 heterocycles. The molecular formula is C22H25BrFN3O. The molecule has 1 saturated heterocycles. The van der Waals surface area contributed by atoms with Crippen molar-refractivity contribution in [3.05, 3.63) is 63.9 Å². The van der Waals surface area contributed by atoms with Crippen molar-refractivity contribution >= 4 is 27.6 Å². The Labute approximate surface area is 173 Å². The van der Waals surface area contributed by atoms with Crippen LogP contribution in [0.15, 0.2) is 46.9 Å². The zero-order valence-electron chi connectivity index (χ0n) is 15.8. The standard InChI is InChI=1S/C22H25BrFN3O/c23-19-7-8-21(20(24)12-19)25-22(28)27-10-3-4-16(14-27)13-26-11-9-17-5-1-2-6-18(17)15-26/h1-2,5-8,12,16H,3-4,9-11,13-15H2,(H,25,28)/t16-/m1/s1. The highest BCUT2D eigenvalue weighted by atomic mass is 79.9. The number of carbonyl (C=O) groups is 1. The lowest BCUT2D eigenvalue weighted by molar-refractivity contribution is 0.140. The van der Waals surface area contributed by atoms with Crippen molar-refractivity contribution in [2.45, 2.75) is 25.8 Å². The molecule has 1 N–H and O–H groups in total. The number of nitrogens with zero attached hydrogens (tertiary/aromatic N) is 2. The summed E-state index contributed by atoms with van der Waals surface area (Å²) in [6.07, 6.45) is 3.22. The molecule has 0 spiro atoms. The lowest BCUT2D eigenvalue weighted by Crippen LogP contribution is -2.46. The molecular weight excluding hydrogens is 421 g/mol. The van der Waals surface area contributed by atoms with Crippen LogP contribution in [0.2, 0.25) is 0 Å². The summed E-state index contributed by atoms with van der Waals surface area (Å²) in [5.74, 6) is 0.0304. The number of fused-ring (bicyclic) bond motifs is 1. The van der Waals surface area contributed by atoms with E-state index in [1.165, 1.54) is 17.2 Å². The minimum atomic E-state index is -0.428. The van der Waals surface area contributed by atoms with Gasteiger partial charge >= 0.3 is 6.03 Å². The lowest BCUT2D eigenvalue weighted by atomic mass is 9.95. The predicted molar refractivity (Wildman–Crippen MR) is 113 cm³/mol. The summed E-state index contributed by atoms with van der Waals surface area (Å²) in [4.78, 5) is 17.0. The van der Waals surface area contributed by atoms with Crippen LogP contribution in [0.5, 0.6) is 0 Å². The Kier molecular flexibility index (Phi) is 5.97. The number of nitrogens with one attached hydrogen (secondary N) is 1. The van der Waals surface area contributed by atoms with E-state index in [1.807, 2.05) is 4.90 Å². The second-order valence-corrected chi connectivity index (χ2v) is 8.68. The van der Waals surface area contributed by atoms with Crippen LogP contribution in [-0.2, 0) is 13.0 Å². The number of halogens is 2. The van der Waals surface area contributed by atoms with Gasteiger partial charge in [-0.1, -0.05) is 40.2 Å². The van der Waals surface area contributed by atoms with Gasteiger partial charge in [0.2, 0.25) is 0 Å². The summed E-state index contributed by atoms with van der Waals surface area (Å²) >= 11 is 3.24. The van der Waals surface area contributed by atoms with Crippen molar-refractivity contribution in [3.8, 4) is 0 Å². The van der Waals surface area contributed by atoms with Crippen LogP contribution in [0.25, 0.3) is 0 Å². The number of carbonyl (C=O) groups excluding carboxylic acids is 1. The van der Waals surface area contributed by atoms with Crippen LogP contribution < -0.4 is 5.32 Å². The number of amides is 2. The van der Waals surface area contributed by atoms with E-state index in [-0.39, 0.29) is 11.7 Å². The fourth-order valence-electron chi connectivity index (χ4n) is 4.26. The maximum Gasteiger partial charge on any atom is 0.321 e. The van der Waals surface area contributed by atoms with E-state index in [2.05, 4.69) is 50.4 Å². The first-order valence-corrected chi connectivity index (χ1v) is 10.7. The van der Waals surface area contributed by atoms with Crippen LogP contribution in [-0.4, -0.2) is 42.0 Å². The van der Waals surface area contributed by atoms with Gasteiger partial charge < -0.3 is 10.2 Å². The minimum Gasteiger partial charge on any atom is -0.324 e. The van der Waals surface area contributed by atoms with E-state index < -0.39 is 5.82 Å². The molecule has 4 nitrogen and oxygen atoms in total. The van der Waals surface area contributed by atoms with Crippen LogP contribution >= 0.6 is 15.9 Å². The van der Waals surface area contributed by atoms with Crippen LogP contribution in [0.4, 0.5) is 14.9 Å². The first-order valence-electron chi connectivity index (χ1n) is 9.88. The quantitative estimate of drug-likeness (QED) is 0.729. The average molecular weight is 446 g/mol. The van der Waals surface area contributed by atoms with E-state index in [4.69, 9.17) is 0 Å². The molecule has 2 amide bonds. The Balaban J connectivity index is 1.33. The number of anilines is 1. The summed E-state index contributed by atoms with van der Waals surface area (Å²) in [7, 11) is 0. The normalized spacial score (nSPS) is 19.9. The van der Waals surface area contributed by atoms with E-state index in [9.17, 15) is 9.18 Å². The van der Waals surface area contributed by atoms with Crippen LogP contribution in [0.3, 0.4) is 0 Å². The Morgan fingerprint density at radius 3 is 2.82 bits per heavy atom. The molecule has 2 aromatic rings. The van der Waals surface area contributed by atoms with E-state index in [0.29, 0.717) is 10.4 Å². The highest BCUT2D eigenvalue weighted by Crippen LogP contribution is 2.24. The summed E-state index contributed by atoms with van der Waals surface area (Å²) in [5.41, 5.74) is 3.10. The van der Waals surface area contributed by atoms with Crippen LogP contribution in [0, 0.1) is 11.7 Å². The number of benzene rings is 2. The molecule has 0 aromatic heterocycles. The summed E-state index contributed by atoms with van der Waals surface area (Å²) in [6.45, 7) is 4.52. The molecule has 1 atom stereocenters. The summed E-state index contributed by atoms with van der Waals surface area (Å²) in [6, 6.07) is 13.1. The molecule has 28 heavy (non-hydrogen) atoms. The van der Waals surface area contributed by atoms with Crippen molar-refractivity contribution in [3.63, 3.8) is 0 Å². The largest absolute Gasteiger partial charge is 0.324 e.